The average Bonchev–Trinajstić information content (AvgIpc) is 3.23. The van der Waals surface area contributed by atoms with E-state index in [-0.39, 0.29) is 12.9 Å². The minimum Gasteiger partial charge on any atom is -0.483 e. The maximum absolute atomic E-state index is 8.36. The van der Waals surface area contributed by atoms with Crippen LogP contribution in [-0.2, 0) is 22.7 Å². The van der Waals surface area contributed by atoms with E-state index in [9.17, 15) is 0 Å². The summed E-state index contributed by atoms with van der Waals surface area (Å²) in [6, 6.07) is 4.14. The second-order valence-electron chi connectivity index (χ2n) is 5.40. The number of halogens is 1. The van der Waals surface area contributed by atoms with Crippen molar-refractivity contribution in [2.45, 2.75) is 25.9 Å². The van der Waals surface area contributed by atoms with Gasteiger partial charge in [-0.15, -0.1) is 11.3 Å². The van der Waals surface area contributed by atoms with Crippen LogP contribution in [0.1, 0.15) is 17.7 Å². The van der Waals surface area contributed by atoms with E-state index < -0.39 is 0 Å². The fourth-order valence-corrected chi connectivity index (χ4v) is 3.81. The van der Waals surface area contributed by atoms with Gasteiger partial charge in [0.05, 0.1) is 10.7 Å². The normalized spacial score (nSPS) is 14.6. The molecule has 25 heavy (non-hydrogen) atoms. The van der Waals surface area contributed by atoms with Gasteiger partial charge in [0.15, 0.2) is 0 Å². The average molecular weight is 388 g/mol. The summed E-state index contributed by atoms with van der Waals surface area (Å²) in [6.07, 6.45) is 8.38. The molecular formula is C16H22ClN3O4S. The first-order valence-corrected chi connectivity index (χ1v) is 8.90. The molecule has 1 fully saturated rings. The lowest BCUT2D eigenvalue weighted by Crippen LogP contribution is -2.34. The number of piperidine rings is 1. The van der Waals surface area contributed by atoms with Crippen molar-refractivity contribution in [3.8, 4) is 0 Å². The summed E-state index contributed by atoms with van der Waals surface area (Å²) in [5.41, 5.74) is 0. The third-order valence-corrected chi connectivity index (χ3v) is 4.96. The second kappa shape index (κ2) is 12.5. The molecule has 3 rings (SSSR count). The van der Waals surface area contributed by atoms with E-state index in [1.54, 1.807) is 11.3 Å². The summed E-state index contributed by atoms with van der Waals surface area (Å²) in [7, 11) is 0. The van der Waals surface area contributed by atoms with Gasteiger partial charge in [-0.3, -0.25) is 14.5 Å². The van der Waals surface area contributed by atoms with Crippen LogP contribution < -0.4 is 0 Å². The molecule has 0 aromatic carbocycles. The molecule has 138 valence electrons. The predicted molar refractivity (Wildman–Crippen MR) is 96.9 cm³/mol. The molecule has 2 N–H and O–H groups in total. The molecule has 0 atom stereocenters. The van der Waals surface area contributed by atoms with Gasteiger partial charge >= 0.3 is 0 Å². The van der Waals surface area contributed by atoms with Crippen molar-refractivity contribution in [2.75, 3.05) is 13.1 Å². The smallest absolute Gasteiger partial charge is 0.290 e. The van der Waals surface area contributed by atoms with Gasteiger partial charge in [-0.1, -0.05) is 11.6 Å². The lowest BCUT2D eigenvalue weighted by atomic mass is 9.97. The lowest BCUT2D eigenvalue weighted by molar-refractivity contribution is -0.123. The van der Waals surface area contributed by atoms with Crippen molar-refractivity contribution in [1.82, 2.24) is 14.5 Å². The van der Waals surface area contributed by atoms with Crippen LogP contribution in [0.25, 0.3) is 0 Å². The largest absolute Gasteiger partial charge is 0.483 e. The van der Waals surface area contributed by atoms with Gasteiger partial charge in [0.2, 0.25) is 0 Å². The molecule has 1 saturated heterocycles. The van der Waals surface area contributed by atoms with Gasteiger partial charge < -0.3 is 14.8 Å². The summed E-state index contributed by atoms with van der Waals surface area (Å²) in [5, 5.41) is 13.8. The van der Waals surface area contributed by atoms with E-state index in [2.05, 4.69) is 26.7 Å². The second-order valence-corrected chi connectivity index (χ2v) is 7.20. The van der Waals surface area contributed by atoms with Crippen molar-refractivity contribution >= 4 is 35.9 Å². The molecule has 9 heteroatoms. The number of thiophene rings is 1. The van der Waals surface area contributed by atoms with Gasteiger partial charge in [-0.2, -0.15) is 0 Å². The van der Waals surface area contributed by atoms with Crippen LogP contribution in [0.5, 0.6) is 0 Å². The van der Waals surface area contributed by atoms with Gasteiger partial charge in [-0.25, -0.2) is 4.98 Å². The zero-order valence-corrected chi connectivity index (χ0v) is 15.3. The Morgan fingerprint density at radius 3 is 2.36 bits per heavy atom. The number of rotatable bonds is 4. The Hall–Kier alpha value is -1.90. The first-order valence-electron chi connectivity index (χ1n) is 7.71. The first-order chi connectivity index (χ1) is 12.1. The topological polar surface area (TPSA) is 95.7 Å². The van der Waals surface area contributed by atoms with Gasteiger partial charge in [-0.05, 0) is 44.0 Å². The number of aromatic nitrogens is 2. The minimum absolute atomic E-state index is 0.250. The van der Waals surface area contributed by atoms with Crippen LogP contribution in [0.15, 0.2) is 30.9 Å². The van der Waals surface area contributed by atoms with Crippen molar-refractivity contribution < 1.29 is 19.8 Å². The summed E-state index contributed by atoms with van der Waals surface area (Å²) >= 11 is 7.67. The maximum Gasteiger partial charge on any atom is 0.290 e. The highest BCUT2D eigenvalue weighted by atomic mass is 35.5. The predicted octanol–water partition coefficient (Wildman–Crippen LogP) is 2.91. The van der Waals surface area contributed by atoms with E-state index >= 15 is 0 Å². The molecule has 0 saturated carbocycles. The molecule has 0 unspecified atom stereocenters. The highest BCUT2D eigenvalue weighted by Gasteiger charge is 2.19. The lowest BCUT2D eigenvalue weighted by Gasteiger charge is -2.31. The Morgan fingerprint density at radius 1 is 1.24 bits per heavy atom. The fourth-order valence-electron chi connectivity index (χ4n) is 2.68. The molecule has 0 aliphatic carbocycles. The Balaban J connectivity index is 0.000000460. The summed E-state index contributed by atoms with van der Waals surface area (Å²) < 4.78 is 3.09. The van der Waals surface area contributed by atoms with Crippen molar-refractivity contribution in [2.24, 2.45) is 5.92 Å². The summed E-state index contributed by atoms with van der Waals surface area (Å²) in [6.45, 7) is 4.04. The van der Waals surface area contributed by atoms with E-state index in [4.69, 9.17) is 31.4 Å². The first kappa shape index (κ1) is 21.1. The van der Waals surface area contributed by atoms with Crippen LogP contribution >= 0.6 is 22.9 Å². The zero-order chi connectivity index (χ0) is 18.5. The standard InChI is InChI=1S/C14H18ClN3S.2CH2O2/c15-14-2-1-13(19-14)10-17-6-3-12(4-7-17)9-18-8-5-16-11-18;2*2-1-3/h1-2,5,8,11-12H,3-4,6-7,9-10H2;2*1H,(H,2,3). The van der Waals surface area contributed by atoms with Crippen LogP contribution in [0.4, 0.5) is 0 Å². The van der Waals surface area contributed by atoms with Gasteiger partial charge in [0.25, 0.3) is 12.9 Å². The van der Waals surface area contributed by atoms with Gasteiger partial charge in [0, 0.05) is 30.4 Å². The SMILES string of the molecule is Clc1ccc(CN2CCC(Cn3ccnc3)CC2)s1.O=CO.O=CO. The molecular weight excluding hydrogens is 366 g/mol. The molecule has 0 spiro atoms. The van der Waals surface area contributed by atoms with E-state index in [1.807, 2.05) is 18.6 Å². The molecule has 7 nitrogen and oxygen atoms in total. The molecule has 1 aliphatic heterocycles. The Bertz CT molecular complexity index is 592. The molecule has 0 radical (unpaired) electrons. The third kappa shape index (κ3) is 8.67. The number of carboxylic acid groups (broad SMARTS) is 2. The quantitative estimate of drug-likeness (QED) is 0.783. The van der Waals surface area contributed by atoms with Crippen LogP contribution in [0.2, 0.25) is 4.34 Å². The van der Waals surface area contributed by atoms with Gasteiger partial charge in [0.1, 0.15) is 0 Å². The fraction of sp³-hybridized carbons (Fsp3) is 0.438. The molecule has 2 aromatic heterocycles. The highest BCUT2D eigenvalue weighted by Crippen LogP contribution is 2.25. The van der Waals surface area contributed by atoms with E-state index in [0.717, 1.165) is 23.3 Å². The minimum atomic E-state index is -0.250. The Kier molecular flexibility index (Phi) is 10.5. The van der Waals surface area contributed by atoms with Crippen molar-refractivity contribution in [3.63, 3.8) is 0 Å². The number of likely N-dealkylation sites (tertiary alicyclic amines) is 1. The van der Waals surface area contributed by atoms with Crippen molar-refractivity contribution in [3.05, 3.63) is 40.1 Å². The number of hydrogen-bond donors (Lipinski definition) is 2. The Morgan fingerprint density at radius 2 is 1.88 bits per heavy atom. The van der Waals surface area contributed by atoms with Crippen molar-refractivity contribution in [1.29, 1.82) is 0 Å². The maximum atomic E-state index is 8.36. The molecule has 0 bridgehead atoms. The monoisotopic (exact) mass is 387 g/mol. The number of imidazole rings is 1. The van der Waals surface area contributed by atoms with Crippen LogP contribution in [0, 0.1) is 5.92 Å². The molecule has 0 amide bonds. The molecule has 3 heterocycles. The number of hydrogen-bond acceptors (Lipinski definition) is 5. The summed E-state index contributed by atoms with van der Waals surface area (Å²) in [4.78, 5) is 24.7. The summed E-state index contributed by atoms with van der Waals surface area (Å²) in [5.74, 6) is 0.789. The van der Waals surface area contributed by atoms with Crippen LogP contribution in [0.3, 0.4) is 0 Å². The van der Waals surface area contributed by atoms with E-state index in [0.29, 0.717) is 0 Å². The number of nitrogens with zero attached hydrogens (tertiary/aromatic N) is 3. The molecule has 1 aliphatic rings. The van der Waals surface area contributed by atoms with E-state index in [1.165, 1.54) is 30.8 Å². The van der Waals surface area contributed by atoms with Crippen LogP contribution in [-0.4, -0.2) is 50.7 Å². The molecule has 2 aromatic rings. The Labute approximate surface area is 155 Å². The third-order valence-electron chi connectivity index (χ3n) is 3.74. The highest BCUT2D eigenvalue weighted by molar-refractivity contribution is 7.16. The zero-order valence-electron chi connectivity index (χ0n) is 13.7. The number of carbonyl (C=O) groups is 2.